The predicted molar refractivity (Wildman–Crippen MR) is 87.6 cm³/mol. The first-order valence-electron chi connectivity index (χ1n) is 7.89. The summed E-state index contributed by atoms with van der Waals surface area (Å²) in [6.45, 7) is 5.97. The summed E-state index contributed by atoms with van der Waals surface area (Å²) >= 11 is 0. The third kappa shape index (κ3) is 2.07. The zero-order valence-electron chi connectivity index (χ0n) is 14.1. The summed E-state index contributed by atoms with van der Waals surface area (Å²) in [6, 6.07) is 6.01. The Bertz CT molecular complexity index is 604. The molecule has 0 aromatic heterocycles. The van der Waals surface area contributed by atoms with Gasteiger partial charge in [-0.15, -0.1) is 0 Å². The van der Waals surface area contributed by atoms with Gasteiger partial charge >= 0.3 is 6.09 Å². The van der Waals surface area contributed by atoms with E-state index in [-0.39, 0.29) is 11.5 Å². The molecule has 2 heterocycles. The van der Waals surface area contributed by atoms with E-state index >= 15 is 0 Å². The summed E-state index contributed by atoms with van der Waals surface area (Å²) in [6.07, 6.45) is 1.20. The summed E-state index contributed by atoms with van der Waals surface area (Å²) < 4.78 is 5.50. The van der Waals surface area contributed by atoms with E-state index in [4.69, 9.17) is 4.74 Å². The van der Waals surface area contributed by atoms with Crippen LogP contribution in [-0.2, 0) is 5.41 Å². The van der Waals surface area contributed by atoms with E-state index < -0.39 is 0 Å². The van der Waals surface area contributed by atoms with Crippen molar-refractivity contribution in [2.24, 2.45) is 0 Å². The number of anilines is 1. The molecule has 1 saturated heterocycles. The van der Waals surface area contributed by atoms with E-state index in [0.717, 1.165) is 13.0 Å². The highest BCUT2D eigenvalue weighted by atomic mass is 16.6. The molecule has 2 aliphatic heterocycles. The van der Waals surface area contributed by atoms with E-state index in [9.17, 15) is 4.79 Å². The van der Waals surface area contributed by atoms with Gasteiger partial charge in [-0.25, -0.2) is 4.79 Å². The minimum atomic E-state index is -0.306. The Labute approximate surface area is 132 Å². The molecule has 1 fully saturated rings. The first kappa shape index (κ1) is 15.2. The molecule has 120 valence electrons. The highest BCUT2D eigenvalue weighted by molar-refractivity contribution is 5.72. The lowest BCUT2D eigenvalue weighted by Gasteiger charge is -2.32. The Hall–Kier alpha value is -1.75. The van der Waals surface area contributed by atoms with Gasteiger partial charge in [0, 0.05) is 38.3 Å². The topological polar surface area (TPSA) is 36.0 Å². The molecule has 5 nitrogen and oxygen atoms in total. The quantitative estimate of drug-likeness (QED) is 0.841. The second-order valence-electron chi connectivity index (χ2n) is 6.69. The summed E-state index contributed by atoms with van der Waals surface area (Å²) in [4.78, 5) is 18.3. The standard InChI is InChI=1S/C17H25N3O2/c1-6-18(3)16(21)22-12-7-8-14-13(11-12)17(2)9-10-19(4)15(17)20(14)5/h7-8,11,15H,6,9-10H2,1-5H3/t15-,17+/m1/s1. The van der Waals surface area contributed by atoms with Crippen molar-refractivity contribution in [3.8, 4) is 5.75 Å². The van der Waals surface area contributed by atoms with Gasteiger partial charge in [-0.3, -0.25) is 4.90 Å². The summed E-state index contributed by atoms with van der Waals surface area (Å²) in [5.74, 6) is 0.633. The van der Waals surface area contributed by atoms with Crippen molar-refractivity contribution >= 4 is 11.8 Å². The molecule has 5 heteroatoms. The van der Waals surface area contributed by atoms with Gasteiger partial charge in [-0.2, -0.15) is 0 Å². The second-order valence-corrected chi connectivity index (χ2v) is 6.69. The van der Waals surface area contributed by atoms with Crippen molar-refractivity contribution < 1.29 is 9.53 Å². The van der Waals surface area contributed by atoms with E-state index in [0.29, 0.717) is 18.5 Å². The van der Waals surface area contributed by atoms with E-state index in [1.165, 1.54) is 11.3 Å². The first-order valence-corrected chi connectivity index (χ1v) is 7.89. The van der Waals surface area contributed by atoms with Gasteiger partial charge in [0.15, 0.2) is 0 Å². The third-order valence-corrected chi connectivity index (χ3v) is 5.29. The Balaban J connectivity index is 1.92. The van der Waals surface area contributed by atoms with Crippen molar-refractivity contribution in [2.75, 3.05) is 39.1 Å². The second kappa shape index (κ2) is 5.16. The molecule has 2 aliphatic rings. The van der Waals surface area contributed by atoms with Crippen molar-refractivity contribution in [1.82, 2.24) is 9.80 Å². The number of carbonyl (C=O) groups excluding carboxylic acids is 1. The highest BCUT2D eigenvalue weighted by Crippen LogP contribution is 2.51. The van der Waals surface area contributed by atoms with Crippen molar-refractivity contribution in [3.63, 3.8) is 0 Å². The van der Waals surface area contributed by atoms with Crippen LogP contribution < -0.4 is 9.64 Å². The van der Waals surface area contributed by atoms with Crippen LogP contribution in [0.15, 0.2) is 18.2 Å². The van der Waals surface area contributed by atoms with Gasteiger partial charge in [-0.1, -0.05) is 6.92 Å². The zero-order chi connectivity index (χ0) is 16.1. The Morgan fingerprint density at radius 2 is 2.18 bits per heavy atom. The number of fused-ring (bicyclic) bond motifs is 3. The maximum absolute atomic E-state index is 12.0. The normalized spacial score (nSPS) is 26.8. The maximum Gasteiger partial charge on any atom is 0.414 e. The summed E-state index contributed by atoms with van der Waals surface area (Å²) in [5, 5.41) is 0. The average molecular weight is 303 g/mol. The van der Waals surface area contributed by atoms with Crippen LogP contribution in [0, 0.1) is 0 Å². The lowest BCUT2D eigenvalue weighted by Crippen LogP contribution is -2.45. The van der Waals surface area contributed by atoms with Gasteiger partial charge < -0.3 is 14.5 Å². The molecule has 0 radical (unpaired) electrons. The molecule has 1 aromatic carbocycles. The van der Waals surface area contributed by atoms with Gasteiger partial charge in [0.05, 0.1) is 6.17 Å². The number of amides is 1. The van der Waals surface area contributed by atoms with Crippen LogP contribution in [0.4, 0.5) is 10.5 Å². The molecule has 22 heavy (non-hydrogen) atoms. The first-order chi connectivity index (χ1) is 10.4. The molecule has 2 atom stereocenters. The molecule has 1 aromatic rings. The Kier molecular flexibility index (Phi) is 3.56. The van der Waals surface area contributed by atoms with Crippen molar-refractivity contribution in [3.05, 3.63) is 23.8 Å². The number of hydrogen-bond donors (Lipinski definition) is 0. The molecule has 0 bridgehead atoms. The molecule has 0 aliphatic carbocycles. The summed E-state index contributed by atoms with van der Waals surface area (Å²) in [5.41, 5.74) is 2.62. The fraction of sp³-hybridized carbons (Fsp3) is 0.588. The number of rotatable bonds is 2. The van der Waals surface area contributed by atoms with Gasteiger partial charge in [0.2, 0.25) is 0 Å². The summed E-state index contributed by atoms with van der Waals surface area (Å²) in [7, 11) is 6.06. The maximum atomic E-state index is 12.0. The molecular weight excluding hydrogens is 278 g/mol. The molecule has 0 N–H and O–H groups in total. The number of benzene rings is 1. The molecular formula is C17H25N3O2. The third-order valence-electron chi connectivity index (χ3n) is 5.29. The molecule has 0 unspecified atom stereocenters. The van der Waals surface area contributed by atoms with Crippen LogP contribution in [0.25, 0.3) is 0 Å². The number of likely N-dealkylation sites (N-methyl/N-ethyl adjacent to an activating group) is 2. The van der Waals surface area contributed by atoms with E-state index in [1.807, 2.05) is 19.1 Å². The number of hydrogen-bond acceptors (Lipinski definition) is 4. The van der Waals surface area contributed by atoms with Crippen LogP contribution >= 0.6 is 0 Å². The number of carbonyl (C=O) groups is 1. The monoisotopic (exact) mass is 303 g/mol. The zero-order valence-corrected chi connectivity index (χ0v) is 14.1. The van der Waals surface area contributed by atoms with Crippen LogP contribution in [0.5, 0.6) is 5.75 Å². The number of ether oxygens (including phenoxy) is 1. The van der Waals surface area contributed by atoms with Crippen molar-refractivity contribution in [1.29, 1.82) is 0 Å². The number of likely N-dealkylation sites (tertiary alicyclic amines) is 1. The van der Waals surface area contributed by atoms with Gasteiger partial charge in [0.1, 0.15) is 5.75 Å². The SMILES string of the molecule is CCN(C)C(=O)Oc1ccc2c(c1)[C@]1(C)CCN(C)[C@@H]1N2C. The van der Waals surface area contributed by atoms with Gasteiger partial charge in [0.25, 0.3) is 0 Å². The van der Waals surface area contributed by atoms with Crippen LogP contribution in [-0.4, -0.2) is 56.3 Å². The molecule has 0 spiro atoms. The Morgan fingerprint density at radius 3 is 2.86 bits per heavy atom. The van der Waals surface area contributed by atoms with Crippen molar-refractivity contribution in [2.45, 2.75) is 31.8 Å². The van der Waals surface area contributed by atoms with E-state index in [1.54, 1.807) is 11.9 Å². The molecule has 3 rings (SSSR count). The Morgan fingerprint density at radius 1 is 1.45 bits per heavy atom. The fourth-order valence-electron chi connectivity index (χ4n) is 3.93. The minimum Gasteiger partial charge on any atom is -0.410 e. The molecule has 1 amide bonds. The van der Waals surface area contributed by atoms with Gasteiger partial charge in [-0.05, 0) is 44.2 Å². The van der Waals surface area contributed by atoms with Crippen LogP contribution in [0.3, 0.4) is 0 Å². The number of nitrogens with zero attached hydrogens (tertiary/aromatic N) is 3. The largest absolute Gasteiger partial charge is 0.414 e. The smallest absolute Gasteiger partial charge is 0.410 e. The molecule has 0 saturated carbocycles. The average Bonchev–Trinajstić information content (AvgIpc) is 2.92. The predicted octanol–water partition coefficient (Wildman–Crippen LogP) is 2.51. The lowest BCUT2D eigenvalue weighted by atomic mass is 9.81. The minimum absolute atomic E-state index is 0.0951. The fourth-order valence-corrected chi connectivity index (χ4v) is 3.93. The van der Waals surface area contributed by atoms with E-state index in [2.05, 4.69) is 36.9 Å². The van der Waals surface area contributed by atoms with Crippen LogP contribution in [0.1, 0.15) is 25.8 Å². The van der Waals surface area contributed by atoms with Crippen LogP contribution in [0.2, 0.25) is 0 Å². The highest BCUT2D eigenvalue weighted by Gasteiger charge is 2.52. The lowest BCUT2D eigenvalue weighted by molar-refractivity contribution is 0.165.